The fourth-order valence-electron chi connectivity index (χ4n) is 1.97. The summed E-state index contributed by atoms with van der Waals surface area (Å²) in [6, 6.07) is 12.5. The van der Waals surface area contributed by atoms with Gasteiger partial charge in [0.1, 0.15) is 5.82 Å². The Labute approximate surface area is 138 Å². The highest BCUT2D eigenvalue weighted by Gasteiger charge is 2.07. The molecular formula is C17H16ClFN2O2. The van der Waals surface area contributed by atoms with Crippen molar-refractivity contribution in [3.05, 3.63) is 70.5 Å². The Kier molecular flexibility index (Phi) is 6.11. The molecule has 23 heavy (non-hydrogen) atoms. The van der Waals surface area contributed by atoms with Gasteiger partial charge in [-0.3, -0.25) is 20.4 Å². The van der Waals surface area contributed by atoms with Crippen LogP contribution in [-0.4, -0.2) is 11.8 Å². The number of carbonyl (C=O) groups excluding carboxylic acids is 2. The number of nitrogens with one attached hydrogen (secondary N) is 2. The van der Waals surface area contributed by atoms with Crippen molar-refractivity contribution in [2.75, 3.05) is 0 Å². The quantitative estimate of drug-likeness (QED) is 0.824. The van der Waals surface area contributed by atoms with Crippen LogP contribution in [0.3, 0.4) is 0 Å². The summed E-state index contributed by atoms with van der Waals surface area (Å²) in [7, 11) is 0. The summed E-state index contributed by atoms with van der Waals surface area (Å²) in [5, 5.41) is 0.676. The van der Waals surface area contributed by atoms with Gasteiger partial charge in [0.25, 0.3) is 5.91 Å². The van der Waals surface area contributed by atoms with E-state index in [0.29, 0.717) is 11.4 Å². The predicted octanol–water partition coefficient (Wildman–Crippen LogP) is 3.26. The number of rotatable bonds is 5. The SMILES string of the molecule is O=C(CCCc1ccc(Cl)cc1)NNC(=O)c1ccc(F)cc1. The fraction of sp³-hybridized carbons (Fsp3) is 0.176. The Hall–Kier alpha value is -2.40. The van der Waals surface area contributed by atoms with Gasteiger partial charge in [0.2, 0.25) is 5.91 Å². The molecule has 2 amide bonds. The van der Waals surface area contributed by atoms with E-state index in [1.165, 1.54) is 24.3 Å². The molecule has 0 fully saturated rings. The van der Waals surface area contributed by atoms with E-state index >= 15 is 0 Å². The van der Waals surface area contributed by atoms with Crippen molar-refractivity contribution in [1.29, 1.82) is 0 Å². The van der Waals surface area contributed by atoms with Crippen LogP contribution in [0.4, 0.5) is 4.39 Å². The molecule has 2 aromatic carbocycles. The Morgan fingerprint density at radius 2 is 1.61 bits per heavy atom. The molecule has 2 aromatic rings. The van der Waals surface area contributed by atoms with Crippen LogP contribution in [-0.2, 0) is 11.2 Å². The zero-order chi connectivity index (χ0) is 16.7. The van der Waals surface area contributed by atoms with Crippen LogP contribution in [0, 0.1) is 5.82 Å². The number of benzene rings is 2. The Morgan fingerprint density at radius 1 is 0.957 bits per heavy atom. The van der Waals surface area contributed by atoms with E-state index < -0.39 is 11.7 Å². The second-order valence-corrected chi connectivity index (χ2v) is 5.43. The lowest BCUT2D eigenvalue weighted by Gasteiger charge is -2.07. The molecule has 0 aliphatic heterocycles. The number of hydrogen-bond donors (Lipinski definition) is 2. The van der Waals surface area contributed by atoms with E-state index in [9.17, 15) is 14.0 Å². The third-order valence-electron chi connectivity index (χ3n) is 3.20. The summed E-state index contributed by atoms with van der Waals surface area (Å²) in [6.45, 7) is 0. The minimum atomic E-state index is -0.490. The lowest BCUT2D eigenvalue weighted by molar-refractivity contribution is -0.121. The molecular weight excluding hydrogens is 319 g/mol. The van der Waals surface area contributed by atoms with Crippen LogP contribution in [0.1, 0.15) is 28.8 Å². The first kappa shape index (κ1) is 17.0. The number of carbonyl (C=O) groups is 2. The minimum Gasteiger partial charge on any atom is -0.273 e. The summed E-state index contributed by atoms with van der Waals surface area (Å²) in [5.41, 5.74) is 6.00. The maximum absolute atomic E-state index is 12.8. The molecule has 0 saturated heterocycles. The van der Waals surface area contributed by atoms with Gasteiger partial charge < -0.3 is 0 Å². The van der Waals surface area contributed by atoms with Crippen molar-refractivity contribution in [2.24, 2.45) is 0 Å². The topological polar surface area (TPSA) is 58.2 Å². The molecule has 0 heterocycles. The molecule has 0 radical (unpaired) electrons. The van der Waals surface area contributed by atoms with Gasteiger partial charge in [-0.2, -0.15) is 0 Å². The van der Waals surface area contributed by atoms with E-state index in [1.807, 2.05) is 12.1 Å². The first-order chi connectivity index (χ1) is 11.0. The Bertz CT molecular complexity index is 672. The molecule has 4 nitrogen and oxygen atoms in total. The zero-order valence-electron chi connectivity index (χ0n) is 12.3. The first-order valence-corrected chi connectivity index (χ1v) is 7.51. The van der Waals surface area contributed by atoms with E-state index in [-0.39, 0.29) is 17.9 Å². The smallest absolute Gasteiger partial charge is 0.269 e. The maximum atomic E-state index is 12.8. The zero-order valence-corrected chi connectivity index (χ0v) is 13.1. The third kappa shape index (κ3) is 5.71. The van der Waals surface area contributed by atoms with Crippen molar-refractivity contribution in [3.8, 4) is 0 Å². The van der Waals surface area contributed by atoms with Crippen molar-refractivity contribution in [2.45, 2.75) is 19.3 Å². The summed E-state index contributed by atoms with van der Waals surface area (Å²) >= 11 is 5.80. The van der Waals surface area contributed by atoms with Gasteiger partial charge in [0.05, 0.1) is 0 Å². The number of amides is 2. The molecule has 6 heteroatoms. The van der Waals surface area contributed by atoms with Crippen molar-refractivity contribution >= 4 is 23.4 Å². The largest absolute Gasteiger partial charge is 0.273 e. The summed E-state index contributed by atoms with van der Waals surface area (Å²) < 4.78 is 12.8. The van der Waals surface area contributed by atoms with E-state index in [0.717, 1.165) is 12.0 Å². The molecule has 0 bridgehead atoms. The van der Waals surface area contributed by atoms with E-state index in [2.05, 4.69) is 10.9 Å². The van der Waals surface area contributed by atoms with Gasteiger partial charge in [0.15, 0.2) is 0 Å². The standard InChI is InChI=1S/C17H16ClFN2O2/c18-14-8-4-12(5-9-14)2-1-3-16(22)20-21-17(23)13-6-10-15(19)11-7-13/h4-11H,1-3H2,(H,20,22)(H,21,23). The average molecular weight is 335 g/mol. The normalized spacial score (nSPS) is 10.2. The monoisotopic (exact) mass is 334 g/mol. The van der Waals surface area contributed by atoms with Gasteiger partial charge in [-0.1, -0.05) is 23.7 Å². The predicted molar refractivity (Wildman–Crippen MR) is 86.4 cm³/mol. The molecule has 2 N–H and O–H groups in total. The van der Waals surface area contributed by atoms with Crippen LogP contribution in [0.2, 0.25) is 5.02 Å². The highest BCUT2D eigenvalue weighted by Crippen LogP contribution is 2.11. The number of hydrazine groups is 1. The van der Waals surface area contributed by atoms with Crippen LogP contribution in [0.15, 0.2) is 48.5 Å². The van der Waals surface area contributed by atoms with Gasteiger partial charge >= 0.3 is 0 Å². The van der Waals surface area contributed by atoms with Gasteiger partial charge in [-0.15, -0.1) is 0 Å². The van der Waals surface area contributed by atoms with Crippen LogP contribution in [0.25, 0.3) is 0 Å². The Balaban J connectivity index is 1.69. The van der Waals surface area contributed by atoms with E-state index in [4.69, 9.17) is 11.6 Å². The second kappa shape index (κ2) is 8.29. The maximum Gasteiger partial charge on any atom is 0.269 e. The van der Waals surface area contributed by atoms with Crippen LogP contribution in [0.5, 0.6) is 0 Å². The molecule has 0 saturated carbocycles. The van der Waals surface area contributed by atoms with Gasteiger partial charge in [-0.05, 0) is 54.8 Å². The highest BCUT2D eigenvalue weighted by molar-refractivity contribution is 6.30. The molecule has 2 rings (SSSR count). The van der Waals surface area contributed by atoms with Crippen LogP contribution < -0.4 is 10.9 Å². The van der Waals surface area contributed by atoms with Crippen molar-refractivity contribution in [1.82, 2.24) is 10.9 Å². The Morgan fingerprint density at radius 3 is 2.26 bits per heavy atom. The molecule has 0 aliphatic rings. The average Bonchev–Trinajstić information content (AvgIpc) is 2.55. The summed E-state index contributed by atoms with van der Waals surface area (Å²) in [6.07, 6.45) is 1.68. The summed E-state index contributed by atoms with van der Waals surface area (Å²) in [4.78, 5) is 23.4. The molecule has 0 spiro atoms. The molecule has 0 atom stereocenters. The number of aryl methyl sites for hydroxylation is 1. The van der Waals surface area contributed by atoms with Gasteiger partial charge in [0, 0.05) is 17.0 Å². The molecule has 0 aliphatic carbocycles. The van der Waals surface area contributed by atoms with Crippen LogP contribution >= 0.6 is 11.6 Å². The number of halogens is 2. The fourth-order valence-corrected chi connectivity index (χ4v) is 2.09. The third-order valence-corrected chi connectivity index (χ3v) is 3.46. The lowest BCUT2D eigenvalue weighted by atomic mass is 10.1. The van der Waals surface area contributed by atoms with Crippen molar-refractivity contribution < 1.29 is 14.0 Å². The van der Waals surface area contributed by atoms with E-state index in [1.54, 1.807) is 12.1 Å². The highest BCUT2D eigenvalue weighted by atomic mass is 35.5. The first-order valence-electron chi connectivity index (χ1n) is 7.14. The van der Waals surface area contributed by atoms with Gasteiger partial charge in [-0.25, -0.2) is 4.39 Å². The molecule has 0 unspecified atom stereocenters. The van der Waals surface area contributed by atoms with Crippen molar-refractivity contribution in [3.63, 3.8) is 0 Å². The lowest BCUT2D eigenvalue weighted by Crippen LogP contribution is -2.41. The number of hydrogen-bond acceptors (Lipinski definition) is 2. The molecule has 0 aromatic heterocycles. The summed E-state index contributed by atoms with van der Waals surface area (Å²) in [5.74, 6) is -1.20. The molecule has 120 valence electrons. The second-order valence-electron chi connectivity index (χ2n) is 4.99. The minimum absolute atomic E-state index is 0.271.